The summed E-state index contributed by atoms with van der Waals surface area (Å²) in [6.45, 7) is 4.25. The molecule has 3 N–H and O–H groups in total. The van der Waals surface area contributed by atoms with Crippen molar-refractivity contribution in [3.05, 3.63) is 158 Å². The van der Waals surface area contributed by atoms with Crippen LogP contribution in [0.25, 0.3) is 0 Å². The summed E-state index contributed by atoms with van der Waals surface area (Å²) in [5.74, 6) is -2.42. The van der Waals surface area contributed by atoms with Crippen LogP contribution in [0.2, 0.25) is 0 Å². The number of phosphoric acid groups is 2. The topological polar surface area (TPSA) is 237 Å². The Kier molecular flexibility index (Phi) is 64.4. The van der Waals surface area contributed by atoms with Gasteiger partial charge in [-0.3, -0.25) is 37.3 Å². The molecule has 5 atom stereocenters. The second kappa shape index (κ2) is 68.2. The maximum Gasteiger partial charge on any atom is 0.472 e. The van der Waals surface area contributed by atoms with E-state index < -0.39 is 97.5 Å². The fraction of sp³-hybridized carbons (Fsp3) is 0.610. The van der Waals surface area contributed by atoms with Crippen LogP contribution in [0.3, 0.4) is 0 Å². The standard InChI is InChI=1S/C77H124O17P2/c1-5-9-13-17-21-25-29-32-35-38-42-45-49-53-57-61-74(79)87-67-72(93-76(81)63-59-55-51-47-41-28-24-20-16-12-8-4)69-91-95(83,84)89-65-71(78)66-90-96(85,86)92-70-73(94-77(82)64-60-56-52-48-44-40-37-34-31-27-23-19-15-11-7-3)68-88-75(80)62-58-54-50-46-43-39-36-33-30-26-22-18-14-10-6-2/h9-11,13-15,20-27,32-37,42-43,45-46,54,58,71-73,78H,5-8,12,16-19,28-31,38-41,44,47-53,55-57,59-70H2,1-4H3,(H,83,84)(H,85,86)/b13-9-,14-10-,15-11-,24-20-,25-21-,26-22-,27-23-,35-32-,36-33-,37-34-,45-42-,46-43-,58-54-. The van der Waals surface area contributed by atoms with Gasteiger partial charge >= 0.3 is 39.5 Å². The fourth-order valence-electron chi connectivity index (χ4n) is 8.63. The van der Waals surface area contributed by atoms with Gasteiger partial charge in [0.25, 0.3) is 0 Å². The molecule has 0 heterocycles. The number of allylic oxidation sites excluding steroid dienone is 25. The van der Waals surface area contributed by atoms with E-state index in [0.29, 0.717) is 25.7 Å². The predicted octanol–water partition coefficient (Wildman–Crippen LogP) is 20.1. The van der Waals surface area contributed by atoms with Gasteiger partial charge in [-0.1, -0.05) is 237 Å². The number of phosphoric ester groups is 2. The number of rotatable bonds is 65. The van der Waals surface area contributed by atoms with Gasteiger partial charge in [0.1, 0.15) is 19.3 Å². The number of ether oxygens (including phenoxy) is 4. The van der Waals surface area contributed by atoms with Crippen LogP contribution in [0, 0.1) is 0 Å². The molecule has 17 nitrogen and oxygen atoms in total. The van der Waals surface area contributed by atoms with Crippen LogP contribution in [-0.4, -0.2) is 96.7 Å². The second-order valence-corrected chi connectivity index (χ2v) is 26.0. The summed E-state index contributed by atoms with van der Waals surface area (Å²) < 4.78 is 68.1. The largest absolute Gasteiger partial charge is 0.472 e. The van der Waals surface area contributed by atoms with Gasteiger partial charge < -0.3 is 33.8 Å². The number of hydrogen-bond acceptors (Lipinski definition) is 15. The van der Waals surface area contributed by atoms with Gasteiger partial charge in [0.2, 0.25) is 0 Å². The lowest BCUT2D eigenvalue weighted by molar-refractivity contribution is -0.161. The van der Waals surface area contributed by atoms with Gasteiger partial charge in [0.05, 0.1) is 32.8 Å². The molecule has 0 aromatic heterocycles. The minimum absolute atomic E-state index is 0.0496. The fourth-order valence-corrected chi connectivity index (χ4v) is 10.2. The second-order valence-electron chi connectivity index (χ2n) is 23.0. The van der Waals surface area contributed by atoms with Crippen molar-refractivity contribution in [3.8, 4) is 0 Å². The summed E-state index contributed by atoms with van der Waals surface area (Å²) in [6.07, 6.45) is 77.2. The third-order valence-electron chi connectivity index (χ3n) is 14.0. The first-order chi connectivity index (χ1) is 46.7. The Hall–Kier alpha value is -5.32. The molecule has 0 aliphatic rings. The van der Waals surface area contributed by atoms with Gasteiger partial charge in [0.15, 0.2) is 12.2 Å². The van der Waals surface area contributed by atoms with Gasteiger partial charge in [-0.25, -0.2) is 9.13 Å². The molecule has 0 fully saturated rings. The van der Waals surface area contributed by atoms with Gasteiger partial charge in [-0.2, -0.15) is 0 Å². The normalized spacial score (nSPS) is 14.9. The lowest BCUT2D eigenvalue weighted by Crippen LogP contribution is -2.30. The number of aliphatic hydroxyl groups is 1. The molecule has 0 rings (SSSR count). The molecule has 0 amide bonds. The first kappa shape index (κ1) is 90.7. The minimum atomic E-state index is -5.00. The minimum Gasteiger partial charge on any atom is -0.462 e. The van der Waals surface area contributed by atoms with Crippen molar-refractivity contribution in [3.63, 3.8) is 0 Å². The molecule has 5 unspecified atom stereocenters. The highest BCUT2D eigenvalue weighted by Crippen LogP contribution is 2.45. The Morgan fingerprint density at radius 1 is 0.312 bits per heavy atom. The quantitative estimate of drug-likeness (QED) is 0.0169. The van der Waals surface area contributed by atoms with Crippen molar-refractivity contribution >= 4 is 39.5 Å². The molecule has 0 aromatic rings. The van der Waals surface area contributed by atoms with E-state index in [-0.39, 0.29) is 25.7 Å². The number of unbranched alkanes of at least 4 members (excludes halogenated alkanes) is 14. The third kappa shape index (κ3) is 67.3. The lowest BCUT2D eigenvalue weighted by atomic mass is 10.1. The highest BCUT2D eigenvalue weighted by molar-refractivity contribution is 7.47. The van der Waals surface area contributed by atoms with Gasteiger partial charge in [0, 0.05) is 19.3 Å². The SMILES string of the molecule is CC/C=C\C/C=C\C/C=C\C/C=C\C/C=C\CC(=O)OCC(COP(=O)(O)OCC(O)COP(=O)(O)OCC(COC(=O)CCCC/C=C\C/C=C\C/C=C\C/C=C\CC)OC(=O)CCCCCCC/C=C\CCCC)OC(=O)CCCCCCC/C=C\C/C=C\C/C=C\CC. The molecule has 0 radical (unpaired) electrons. The van der Waals surface area contributed by atoms with Crippen molar-refractivity contribution in [2.75, 3.05) is 39.6 Å². The van der Waals surface area contributed by atoms with E-state index in [1.807, 2.05) is 18.2 Å². The molecule has 0 aromatic carbocycles. The highest BCUT2D eigenvalue weighted by Gasteiger charge is 2.30. The van der Waals surface area contributed by atoms with Crippen molar-refractivity contribution < 1.29 is 80.2 Å². The average molecular weight is 1380 g/mol. The van der Waals surface area contributed by atoms with E-state index in [4.69, 9.17) is 37.0 Å². The summed E-state index contributed by atoms with van der Waals surface area (Å²) in [4.78, 5) is 72.6. The maximum atomic E-state index is 13.0. The average Bonchev–Trinajstić information content (AvgIpc) is 1.09. The zero-order valence-electron chi connectivity index (χ0n) is 59.0. The van der Waals surface area contributed by atoms with E-state index in [9.17, 15) is 43.2 Å². The van der Waals surface area contributed by atoms with Crippen LogP contribution in [0.4, 0.5) is 0 Å². The summed E-state index contributed by atoms with van der Waals surface area (Å²) >= 11 is 0. The molecular formula is C77H124O17P2. The molecular weight excluding hydrogens is 1260 g/mol. The number of hydrogen-bond donors (Lipinski definition) is 3. The summed E-state index contributed by atoms with van der Waals surface area (Å²) in [7, 11) is -10.00. The van der Waals surface area contributed by atoms with E-state index >= 15 is 0 Å². The Morgan fingerprint density at radius 2 is 0.583 bits per heavy atom. The number of carbonyl (C=O) groups excluding carboxylic acids is 4. The number of aliphatic hydroxyl groups excluding tert-OH is 1. The van der Waals surface area contributed by atoms with Crippen LogP contribution >= 0.6 is 15.6 Å². The summed E-state index contributed by atoms with van der Waals surface area (Å²) in [5, 5.41) is 10.6. The van der Waals surface area contributed by atoms with Gasteiger partial charge in [-0.15, -0.1) is 0 Å². The molecule has 0 aliphatic heterocycles. The predicted molar refractivity (Wildman–Crippen MR) is 390 cm³/mol. The summed E-state index contributed by atoms with van der Waals surface area (Å²) in [6, 6.07) is 0. The number of esters is 4. The first-order valence-electron chi connectivity index (χ1n) is 35.7. The first-order valence-corrected chi connectivity index (χ1v) is 38.7. The molecule has 0 saturated carbocycles. The molecule has 0 bridgehead atoms. The molecule has 544 valence electrons. The molecule has 0 aliphatic carbocycles. The Bertz CT molecular complexity index is 2450. The van der Waals surface area contributed by atoms with Crippen molar-refractivity contribution in [1.29, 1.82) is 0 Å². The van der Waals surface area contributed by atoms with Crippen LogP contribution in [0.5, 0.6) is 0 Å². The molecule has 0 saturated heterocycles. The summed E-state index contributed by atoms with van der Waals surface area (Å²) in [5.41, 5.74) is 0. The molecule has 19 heteroatoms. The molecule has 96 heavy (non-hydrogen) atoms. The van der Waals surface area contributed by atoms with E-state index in [0.717, 1.165) is 154 Å². The van der Waals surface area contributed by atoms with Crippen LogP contribution in [0.1, 0.15) is 246 Å². The lowest BCUT2D eigenvalue weighted by Gasteiger charge is -2.21. The van der Waals surface area contributed by atoms with Crippen LogP contribution in [0.15, 0.2) is 158 Å². The Balaban J connectivity index is 5.47. The van der Waals surface area contributed by atoms with Crippen LogP contribution < -0.4 is 0 Å². The molecule has 0 spiro atoms. The van der Waals surface area contributed by atoms with Crippen molar-refractivity contribution in [1.82, 2.24) is 0 Å². The zero-order valence-corrected chi connectivity index (χ0v) is 60.8. The highest BCUT2D eigenvalue weighted by atomic mass is 31.2. The van der Waals surface area contributed by atoms with E-state index in [2.05, 4.69) is 161 Å². The zero-order chi connectivity index (χ0) is 70.4. The third-order valence-corrected chi connectivity index (χ3v) is 15.9. The van der Waals surface area contributed by atoms with E-state index in [1.54, 1.807) is 6.08 Å². The van der Waals surface area contributed by atoms with Crippen LogP contribution in [-0.2, 0) is 65.4 Å². The Morgan fingerprint density at radius 3 is 0.958 bits per heavy atom. The van der Waals surface area contributed by atoms with Crippen molar-refractivity contribution in [2.45, 2.75) is 264 Å². The monoisotopic (exact) mass is 1380 g/mol. The Labute approximate surface area is 579 Å². The maximum absolute atomic E-state index is 13.0. The van der Waals surface area contributed by atoms with E-state index in [1.165, 1.54) is 12.8 Å². The van der Waals surface area contributed by atoms with Crippen molar-refractivity contribution in [2.24, 2.45) is 0 Å². The van der Waals surface area contributed by atoms with Gasteiger partial charge in [-0.05, 0) is 141 Å². The smallest absolute Gasteiger partial charge is 0.462 e. The number of carbonyl (C=O) groups is 4.